The van der Waals surface area contributed by atoms with Crippen LogP contribution in [-0.4, -0.2) is 33.0 Å². The molecule has 90 valence electrons. The first-order valence-corrected chi connectivity index (χ1v) is 7.00. The molecule has 0 aromatic carbocycles. The monoisotopic (exact) mass is 243 g/mol. The van der Waals surface area contributed by atoms with E-state index < -0.39 is 10.0 Å². The lowest BCUT2D eigenvalue weighted by molar-refractivity contribution is 0.519. The van der Waals surface area contributed by atoms with Gasteiger partial charge in [-0.05, 0) is 37.9 Å². The van der Waals surface area contributed by atoms with Crippen molar-refractivity contribution in [1.29, 1.82) is 0 Å². The summed E-state index contributed by atoms with van der Waals surface area (Å²) < 4.78 is 26.1. The third-order valence-electron chi connectivity index (χ3n) is 2.89. The van der Waals surface area contributed by atoms with Crippen LogP contribution < -0.4 is 10.0 Å². The second kappa shape index (κ2) is 4.99. The van der Waals surface area contributed by atoms with Crippen molar-refractivity contribution < 1.29 is 8.42 Å². The van der Waals surface area contributed by atoms with Gasteiger partial charge in [-0.3, -0.25) is 0 Å². The van der Waals surface area contributed by atoms with Crippen LogP contribution in [0.25, 0.3) is 0 Å². The molecule has 0 bridgehead atoms. The van der Waals surface area contributed by atoms with Gasteiger partial charge in [-0.2, -0.15) is 0 Å². The zero-order chi connectivity index (χ0) is 11.4. The molecular formula is C10H17N3O2S. The summed E-state index contributed by atoms with van der Waals surface area (Å²) >= 11 is 0. The average molecular weight is 243 g/mol. The average Bonchev–Trinajstić information content (AvgIpc) is 2.90. The summed E-state index contributed by atoms with van der Waals surface area (Å²) in [4.78, 5) is 3.04. The van der Waals surface area contributed by atoms with Crippen LogP contribution in [0.15, 0.2) is 23.4 Å². The molecule has 3 N–H and O–H groups in total. The quantitative estimate of drug-likeness (QED) is 0.696. The van der Waals surface area contributed by atoms with Crippen LogP contribution >= 0.6 is 0 Å². The Morgan fingerprint density at radius 2 is 2.38 bits per heavy atom. The van der Waals surface area contributed by atoms with Gasteiger partial charge in [-0.1, -0.05) is 0 Å². The second-order valence-electron chi connectivity index (χ2n) is 4.09. The van der Waals surface area contributed by atoms with E-state index >= 15 is 0 Å². The number of H-pyrrole nitrogens is 1. The number of aromatic nitrogens is 1. The maximum absolute atomic E-state index is 11.7. The number of nitrogens with one attached hydrogen (secondary N) is 3. The third kappa shape index (κ3) is 2.84. The van der Waals surface area contributed by atoms with Gasteiger partial charge in [-0.15, -0.1) is 0 Å². The Bertz CT molecular complexity index is 407. The van der Waals surface area contributed by atoms with Crippen LogP contribution in [0.1, 0.15) is 12.8 Å². The minimum absolute atomic E-state index is 0.303. The zero-order valence-corrected chi connectivity index (χ0v) is 9.89. The molecule has 0 aliphatic carbocycles. The summed E-state index contributed by atoms with van der Waals surface area (Å²) in [5.74, 6) is 0.605. The Labute approximate surface area is 95.7 Å². The highest BCUT2D eigenvalue weighted by molar-refractivity contribution is 7.89. The van der Waals surface area contributed by atoms with Gasteiger partial charge in [-0.25, -0.2) is 13.1 Å². The Balaban J connectivity index is 1.81. The fraction of sp³-hybridized carbons (Fsp3) is 0.600. The zero-order valence-electron chi connectivity index (χ0n) is 9.07. The first-order valence-electron chi connectivity index (χ1n) is 5.52. The molecule has 1 aromatic heterocycles. The van der Waals surface area contributed by atoms with Crippen molar-refractivity contribution in [3.63, 3.8) is 0 Å². The summed E-state index contributed by atoms with van der Waals surface area (Å²) in [7, 11) is -3.31. The molecule has 6 heteroatoms. The molecule has 0 radical (unpaired) electrons. The standard InChI is InChI=1S/C10H17N3O2S/c14-16(15,10-3-5-12-8-10)13-6-2-9-1-4-11-7-9/h3,5,8-9,11-13H,1-2,4,6-7H2. The largest absolute Gasteiger partial charge is 0.366 e. The number of aromatic amines is 1. The molecule has 1 aliphatic heterocycles. The van der Waals surface area contributed by atoms with E-state index in [4.69, 9.17) is 0 Å². The SMILES string of the molecule is O=S(=O)(NCCC1CCNC1)c1cc[nH]c1. The molecular weight excluding hydrogens is 226 g/mol. The summed E-state index contributed by atoms with van der Waals surface area (Å²) in [5, 5.41) is 3.27. The lowest BCUT2D eigenvalue weighted by atomic mass is 10.1. The van der Waals surface area contributed by atoms with Gasteiger partial charge in [0.15, 0.2) is 0 Å². The Morgan fingerprint density at radius 3 is 3.00 bits per heavy atom. The summed E-state index contributed by atoms with van der Waals surface area (Å²) in [6.45, 7) is 2.57. The van der Waals surface area contributed by atoms with Gasteiger partial charge < -0.3 is 10.3 Å². The molecule has 1 saturated heterocycles. The van der Waals surface area contributed by atoms with Crippen LogP contribution in [0.3, 0.4) is 0 Å². The highest BCUT2D eigenvalue weighted by Gasteiger charge is 2.17. The van der Waals surface area contributed by atoms with E-state index in [1.807, 2.05) is 0 Å². The minimum atomic E-state index is -3.31. The molecule has 1 unspecified atom stereocenters. The Kier molecular flexibility index (Phi) is 3.63. The van der Waals surface area contributed by atoms with E-state index in [1.54, 1.807) is 12.3 Å². The molecule has 0 saturated carbocycles. The normalized spacial score (nSPS) is 21.4. The van der Waals surface area contributed by atoms with Crippen molar-refractivity contribution in [2.75, 3.05) is 19.6 Å². The van der Waals surface area contributed by atoms with Crippen LogP contribution in [-0.2, 0) is 10.0 Å². The van der Waals surface area contributed by atoms with Crippen LogP contribution in [0.4, 0.5) is 0 Å². The number of sulfonamides is 1. The van der Waals surface area contributed by atoms with Crippen molar-refractivity contribution in [2.24, 2.45) is 5.92 Å². The molecule has 1 fully saturated rings. The topological polar surface area (TPSA) is 74.0 Å². The molecule has 0 amide bonds. The molecule has 16 heavy (non-hydrogen) atoms. The maximum Gasteiger partial charge on any atom is 0.242 e. The predicted octanol–water partition coefficient (Wildman–Crippen LogP) is 0.293. The van der Waals surface area contributed by atoms with E-state index in [0.29, 0.717) is 17.4 Å². The molecule has 2 rings (SSSR count). The first kappa shape index (κ1) is 11.6. The number of rotatable bonds is 5. The Hall–Kier alpha value is -0.850. The van der Waals surface area contributed by atoms with Crippen molar-refractivity contribution in [3.8, 4) is 0 Å². The summed E-state index contributed by atoms with van der Waals surface area (Å²) in [5.41, 5.74) is 0. The van der Waals surface area contributed by atoms with Gasteiger partial charge in [0.1, 0.15) is 0 Å². The highest BCUT2D eigenvalue weighted by atomic mass is 32.2. The van der Waals surface area contributed by atoms with Crippen molar-refractivity contribution in [1.82, 2.24) is 15.0 Å². The number of hydrogen-bond acceptors (Lipinski definition) is 3. The third-order valence-corrected chi connectivity index (χ3v) is 4.35. The lowest BCUT2D eigenvalue weighted by Gasteiger charge is -2.08. The van der Waals surface area contributed by atoms with Crippen molar-refractivity contribution in [2.45, 2.75) is 17.7 Å². The highest BCUT2D eigenvalue weighted by Crippen LogP contribution is 2.12. The minimum Gasteiger partial charge on any atom is -0.366 e. The fourth-order valence-electron chi connectivity index (χ4n) is 1.92. The van der Waals surface area contributed by atoms with Gasteiger partial charge in [0.2, 0.25) is 10.0 Å². The van der Waals surface area contributed by atoms with Gasteiger partial charge in [0.25, 0.3) is 0 Å². The molecule has 5 nitrogen and oxygen atoms in total. The molecule has 1 atom stereocenters. The predicted molar refractivity (Wildman–Crippen MR) is 61.6 cm³/mol. The van der Waals surface area contributed by atoms with E-state index in [-0.39, 0.29) is 0 Å². The summed E-state index contributed by atoms with van der Waals surface area (Å²) in [6.07, 6.45) is 5.14. The smallest absolute Gasteiger partial charge is 0.242 e. The lowest BCUT2D eigenvalue weighted by Crippen LogP contribution is -2.26. The molecule has 0 spiro atoms. The molecule has 2 heterocycles. The number of hydrogen-bond donors (Lipinski definition) is 3. The fourth-order valence-corrected chi connectivity index (χ4v) is 2.94. The van der Waals surface area contributed by atoms with Crippen LogP contribution in [0, 0.1) is 5.92 Å². The van der Waals surface area contributed by atoms with Gasteiger partial charge in [0, 0.05) is 18.9 Å². The van der Waals surface area contributed by atoms with Crippen molar-refractivity contribution in [3.05, 3.63) is 18.5 Å². The van der Waals surface area contributed by atoms with Gasteiger partial charge >= 0.3 is 0 Å². The van der Waals surface area contributed by atoms with Crippen LogP contribution in [0.5, 0.6) is 0 Å². The molecule has 1 aromatic rings. The summed E-state index contributed by atoms with van der Waals surface area (Å²) in [6, 6.07) is 1.56. The van der Waals surface area contributed by atoms with E-state index in [9.17, 15) is 8.42 Å². The van der Waals surface area contributed by atoms with E-state index in [1.165, 1.54) is 6.20 Å². The van der Waals surface area contributed by atoms with E-state index in [2.05, 4.69) is 15.0 Å². The first-order chi connectivity index (χ1) is 7.68. The van der Waals surface area contributed by atoms with Crippen molar-refractivity contribution >= 4 is 10.0 Å². The van der Waals surface area contributed by atoms with E-state index in [0.717, 1.165) is 25.9 Å². The van der Waals surface area contributed by atoms with Gasteiger partial charge in [0.05, 0.1) is 4.90 Å². The Morgan fingerprint density at radius 1 is 1.50 bits per heavy atom. The van der Waals surface area contributed by atoms with Crippen LogP contribution in [0.2, 0.25) is 0 Å². The maximum atomic E-state index is 11.7. The second-order valence-corrected chi connectivity index (χ2v) is 5.86. The molecule has 1 aliphatic rings.